The number of rotatable bonds is 10. The number of benzene rings is 2. The van der Waals surface area contributed by atoms with E-state index in [1.165, 1.54) is 0 Å². The molecule has 0 amide bonds. The van der Waals surface area contributed by atoms with Gasteiger partial charge in [0.15, 0.2) is 28.1 Å². The maximum Gasteiger partial charge on any atom is 0.253 e. The Balaban J connectivity index is 1.29. The Morgan fingerprint density at radius 2 is 1.85 bits per heavy atom. The first-order chi connectivity index (χ1) is 19.0. The average molecular weight is 555 g/mol. The fourth-order valence-electron chi connectivity index (χ4n) is 4.77. The molecule has 0 radical (unpaired) electrons. The zero-order chi connectivity index (χ0) is 27.2. The van der Waals surface area contributed by atoms with Crippen LogP contribution in [0.4, 0.5) is 0 Å². The van der Waals surface area contributed by atoms with Crippen LogP contribution < -0.4 is 29.8 Å². The highest BCUT2D eigenvalue weighted by atomic mass is 32.1. The lowest BCUT2D eigenvalue weighted by atomic mass is 10.1. The van der Waals surface area contributed by atoms with Gasteiger partial charge in [-0.25, -0.2) is 0 Å². The summed E-state index contributed by atoms with van der Waals surface area (Å²) >= 11 is 5.83. The van der Waals surface area contributed by atoms with Gasteiger partial charge >= 0.3 is 0 Å². The van der Waals surface area contributed by atoms with E-state index >= 15 is 0 Å². The summed E-state index contributed by atoms with van der Waals surface area (Å²) in [5.74, 6) is 2.71. The second kappa shape index (κ2) is 12.5. The molecule has 3 aromatic rings. The number of nitrogens with zero attached hydrogens (tertiary/aromatic N) is 2. The Bertz CT molecular complexity index is 1370. The van der Waals surface area contributed by atoms with Gasteiger partial charge in [0, 0.05) is 49.7 Å². The first-order valence-corrected chi connectivity index (χ1v) is 13.4. The number of morpholine rings is 1. The van der Waals surface area contributed by atoms with E-state index in [1.54, 1.807) is 20.3 Å². The largest absolute Gasteiger partial charge is 0.493 e. The van der Waals surface area contributed by atoms with E-state index in [0.29, 0.717) is 58.8 Å². The monoisotopic (exact) mass is 554 g/mol. The van der Waals surface area contributed by atoms with Crippen LogP contribution in [-0.2, 0) is 17.7 Å². The van der Waals surface area contributed by atoms with E-state index < -0.39 is 0 Å². The molecule has 1 fully saturated rings. The lowest BCUT2D eigenvalue weighted by molar-refractivity contribution is 0.0357. The van der Waals surface area contributed by atoms with Crippen LogP contribution in [0.25, 0.3) is 10.9 Å². The standard InChI is InChI=1S/C28H34N4O6S/c1-34-23-4-3-19(13-24(23)35-2)5-6-29-28(39)32(8-7-31-9-11-36-12-10-31)17-21-14-20-15-25-26(38-18-37-25)16-22(20)30-27(21)33/h3-4,13-16H,5-12,17-18H2,1-2H3,(H,29,39)(H,30,33). The van der Waals surface area contributed by atoms with Crippen molar-refractivity contribution in [3.05, 3.63) is 57.9 Å². The third-order valence-corrected chi connectivity index (χ3v) is 7.39. The Labute approximate surface area is 232 Å². The maximum absolute atomic E-state index is 13.0. The molecule has 39 heavy (non-hydrogen) atoms. The summed E-state index contributed by atoms with van der Waals surface area (Å²) in [6, 6.07) is 11.5. The number of aromatic nitrogens is 1. The van der Waals surface area contributed by atoms with Gasteiger partial charge in [-0.05, 0) is 48.5 Å². The molecule has 10 nitrogen and oxygen atoms in total. The van der Waals surface area contributed by atoms with E-state index in [4.69, 9.17) is 35.9 Å². The minimum absolute atomic E-state index is 0.147. The number of hydrogen-bond acceptors (Lipinski definition) is 8. The predicted molar refractivity (Wildman–Crippen MR) is 152 cm³/mol. The number of methoxy groups -OCH3 is 2. The molecule has 1 aromatic heterocycles. The highest BCUT2D eigenvalue weighted by Crippen LogP contribution is 2.35. The number of hydrogen-bond donors (Lipinski definition) is 2. The van der Waals surface area contributed by atoms with Gasteiger partial charge in [-0.1, -0.05) is 6.07 Å². The molecule has 2 aromatic carbocycles. The Morgan fingerprint density at radius 1 is 1.08 bits per heavy atom. The van der Waals surface area contributed by atoms with Crippen molar-refractivity contribution in [1.82, 2.24) is 20.1 Å². The van der Waals surface area contributed by atoms with Gasteiger partial charge in [-0.15, -0.1) is 0 Å². The number of aromatic amines is 1. The van der Waals surface area contributed by atoms with E-state index in [2.05, 4.69) is 20.1 Å². The number of nitrogens with one attached hydrogen (secondary N) is 2. The zero-order valence-corrected chi connectivity index (χ0v) is 23.1. The lowest BCUT2D eigenvalue weighted by Gasteiger charge is -2.31. The van der Waals surface area contributed by atoms with Crippen molar-refractivity contribution in [1.29, 1.82) is 0 Å². The molecule has 0 saturated carbocycles. The van der Waals surface area contributed by atoms with Gasteiger partial charge in [-0.3, -0.25) is 9.69 Å². The zero-order valence-electron chi connectivity index (χ0n) is 22.3. The fourth-order valence-corrected chi connectivity index (χ4v) is 5.02. The average Bonchev–Trinajstić information content (AvgIpc) is 3.41. The van der Waals surface area contributed by atoms with Crippen LogP contribution in [0.2, 0.25) is 0 Å². The van der Waals surface area contributed by atoms with Crippen LogP contribution in [0, 0.1) is 0 Å². The van der Waals surface area contributed by atoms with E-state index in [9.17, 15) is 4.79 Å². The number of H-pyrrole nitrogens is 1. The summed E-state index contributed by atoms with van der Waals surface area (Å²) in [7, 11) is 3.25. The summed E-state index contributed by atoms with van der Waals surface area (Å²) < 4.78 is 27.2. The summed E-state index contributed by atoms with van der Waals surface area (Å²) in [5.41, 5.74) is 2.30. The molecule has 0 atom stereocenters. The van der Waals surface area contributed by atoms with E-state index in [-0.39, 0.29) is 12.4 Å². The van der Waals surface area contributed by atoms with Gasteiger partial charge in [0.25, 0.3) is 5.56 Å². The minimum Gasteiger partial charge on any atom is -0.493 e. The third-order valence-electron chi connectivity index (χ3n) is 6.99. The Hall–Kier alpha value is -3.54. The third kappa shape index (κ3) is 6.55. The Morgan fingerprint density at radius 3 is 2.62 bits per heavy atom. The van der Waals surface area contributed by atoms with E-state index in [0.717, 1.165) is 50.2 Å². The van der Waals surface area contributed by atoms with Crippen LogP contribution in [0.3, 0.4) is 0 Å². The quantitative estimate of drug-likeness (QED) is 0.364. The molecule has 3 heterocycles. The Kier molecular flexibility index (Phi) is 8.70. The van der Waals surface area contributed by atoms with Crippen LogP contribution in [0.1, 0.15) is 11.1 Å². The van der Waals surface area contributed by atoms with Gasteiger partial charge in [-0.2, -0.15) is 0 Å². The van der Waals surface area contributed by atoms with Gasteiger partial charge in [0.1, 0.15) is 0 Å². The SMILES string of the molecule is COc1ccc(CCNC(=S)N(CCN2CCOCC2)Cc2cc3cc4c(cc3[nH]c2=O)OCO4)cc1OC. The molecular formula is C28H34N4O6S. The highest BCUT2D eigenvalue weighted by Gasteiger charge is 2.19. The molecule has 0 bridgehead atoms. The summed E-state index contributed by atoms with van der Waals surface area (Å²) in [6.45, 7) is 5.94. The van der Waals surface area contributed by atoms with Gasteiger partial charge in [0.2, 0.25) is 6.79 Å². The lowest BCUT2D eigenvalue weighted by Crippen LogP contribution is -2.46. The van der Waals surface area contributed by atoms with Crippen LogP contribution in [0.5, 0.6) is 23.0 Å². The van der Waals surface area contributed by atoms with Crippen LogP contribution in [0.15, 0.2) is 41.2 Å². The maximum atomic E-state index is 13.0. The smallest absolute Gasteiger partial charge is 0.253 e. The summed E-state index contributed by atoms with van der Waals surface area (Å²) in [4.78, 5) is 20.4. The van der Waals surface area contributed by atoms with Crippen molar-refractivity contribution < 1.29 is 23.7 Å². The highest BCUT2D eigenvalue weighted by molar-refractivity contribution is 7.80. The van der Waals surface area contributed by atoms with Crippen molar-refractivity contribution in [3.8, 4) is 23.0 Å². The second-order valence-electron chi connectivity index (χ2n) is 9.46. The van der Waals surface area contributed by atoms with Gasteiger partial charge in [0.05, 0.1) is 39.5 Å². The molecule has 1 saturated heterocycles. The number of ether oxygens (including phenoxy) is 5. The van der Waals surface area contributed by atoms with Crippen molar-refractivity contribution in [2.24, 2.45) is 0 Å². The number of pyridine rings is 1. The number of fused-ring (bicyclic) bond motifs is 2. The van der Waals surface area contributed by atoms with E-state index in [1.807, 2.05) is 30.3 Å². The van der Waals surface area contributed by atoms with Crippen molar-refractivity contribution in [2.45, 2.75) is 13.0 Å². The van der Waals surface area contributed by atoms with Crippen molar-refractivity contribution in [2.75, 3.05) is 67.0 Å². The minimum atomic E-state index is -0.147. The molecule has 5 rings (SSSR count). The molecular weight excluding hydrogens is 520 g/mol. The summed E-state index contributed by atoms with van der Waals surface area (Å²) in [5, 5.41) is 4.88. The molecule has 2 aliphatic heterocycles. The molecule has 0 unspecified atom stereocenters. The normalized spacial score (nSPS) is 14.8. The molecule has 0 aliphatic carbocycles. The van der Waals surface area contributed by atoms with Crippen LogP contribution in [-0.4, -0.2) is 86.8 Å². The summed E-state index contributed by atoms with van der Waals surface area (Å²) in [6.07, 6.45) is 0.752. The van der Waals surface area contributed by atoms with Crippen molar-refractivity contribution >= 4 is 28.2 Å². The number of thiocarbonyl (C=S) groups is 1. The topological polar surface area (TPSA) is 97.5 Å². The molecule has 0 spiro atoms. The first kappa shape index (κ1) is 27.0. The van der Waals surface area contributed by atoms with Gasteiger partial charge < -0.3 is 38.9 Å². The predicted octanol–water partition coefficient (Wildman–Crippen LogP) is 2.53. The van der Waals surface area contributed by atoms with Crippen LogP contribution >= 0.6 is 12.2 Å². The molecule has 11 heteroatoms. The fraction of sp³-hybridized carbons (Fsp3) is 0.429. The van der Waals surface area contributed by atoms with Crippen molar-refractivity contribution in [3.63, 3.8) is 0 Å². The second-order valence-corrected chi connectivity index (χ2v) is 9.85. The molecule has 2 aliphatic rings. The molecule has 2 N–H and O–H groups in total. The first-order valence-electron chi connectivity index (χ1n) is 13.0. The molecule has 208 valence electrons.